The molecule has 1 rings (SSSR count). The van der Waals surface area contributed by atoms with Crippen LogP contribution in [0.2, 0.25) is 0 Å². The van der Waals surface area contributed by atoms with Crippen LogP contribution in [-0.4, -0.2) is 27.2 Å². The third kappa shape index (κ3) is 2.02. The summed E-state index contributed by atoms with van der Waals surface area (Å²) in [5.74, 6) is -1.23. The van der Waals surface area contributed by atoms with Gasteiger partial charge >= 0.3 is 5.97 Å². The SMILES string of the molecule is COC(=O)c1cc(N(C)C)ccc1F. The first-order valence-corrected chi connectivity index (χ1v) is 4.11. The van der Waals surface area contributed by atoms with Crippen LogP contribution in [0.5, 0.6) is 0 Å². The molecule has 0 fully saturated rings. The number of halogens is 1. The van der Waals surface area contributed by atoms with Crippen molar-refractivity contribution >= 4 is 11.7 Å². The number of carbonyl (C=O) groups is 1. The monoisotopic (exact) mass is 197 g/mol. The predicted octanol–water partition coefficient (Wildman–Crippen LogP) is 1.68. The Hall–Kier alpha value is -1.58. The van der Waals surface area contributed by atoms with Crippen LogP contribution < -0.4 is 4.90 Å². The van der Waals surface area contributed by atoms with Gasteiger partial charge in [-0.2, -0.15) is 0 Å². The van der Waals surface area contributed by atoms with Gasteiger partial charge in [0.2, 0.25) is 0 Å². The summed E-state index contributed by atoms with van der Waals surface area (Å²) in [6, 6.07) is 4.31. The molecule has 0 aliphatic carbocycles. The normalized spacial score (nSPS) is 9.71. The number of anilines is 1. The average molecular weight is 197 g/mol. The van der Waals surface area contributed by atoms with Crippen molar-refractivity contribution in [3.63, 3.8) is 0 Å². The number of rotatable bonds is 2. The van der Waals surface area contributed by atoms with Gasteiger partial charge in [-0.05, 0) is 18.2 Å². The van der Waals surface area contributed by atoms with Gasteiger partial charge in [0.1, 0.15) is 5.82 Å². The number of nitrogens with zero attached hydrogens (tertiary/aromatic N) is 1. The van der Waals surface area contributed by atoms with E-state index < -0.39 is 11.8 Å². The second-order valence-electron chi connectivity index (χ2n) is 3.05. The Bertz CT molecular complexity index is 350. The fraction of sp³-hybridized carbons (Fsp3) is 0.300. The summed E-state index contributed by atoms with van der Waals surface area (Å²) in [6.45, 7) is 0. The molecule has 0 unspecified atom stereocenters. The first-order valence-electron chi connectivity index (χ1n) is 4.11. The van der Waals surface area contributed by atoms with Gasteiger partial charge < -0.3 is 9.64 Å². The van der Waals surface area contributed by atoms with Gasteiger partial charge in [0.15, 0.2) is 0 Å². The summed E-state index contributed by atoms with van der Waals surface area (Å²) < 4.78 is 17.6. The number of carbonyl (C=O) groups excluding carboxylic acids is 1. The van der Waals surface area contributed by atoms with Crippen molar-refractivity contribution in [1.29, 1.82) is 0 Å². The maximum Gasteiger partial charge on any atom is 0.340 e. The van der Waals surface area contributed by atoms with Crippen molar-refractivity contribution in [3.8, 4) is 0 Å². The van der Waals surface area contributed by atoms with Crippen LogP contribution in [0.25, 0.3) is 0 Å². The number of benzene rings is 1. The fourth-order valence-electron chi connectivity index (χ4n) is 1.06. The number of ether oxygens (including phenoxy) is 1. The topological polar surface area (TPSA) is 29.5 Å². The Labute approximate surface area is 82.1 Å². The first-order chi connectivity index (χ1) is 6.56. The zero-order valence-electron chi connectivity index (χ0n) is 8.37. The lowest BCUT2D eigenvalue weighted by Gasteiger charge is -2.13. The molecule has 0 amide bonds. The van der Waals surface area contributed by atoms with E-state index in [4.69, 9.17) is 0 Å². The Kier molecular flexibility index (Phi) is 3.06. The van der Waals surface area contributed by atoms with E-state index in [0.29, 0.717) is 0 Å². The molecule has 0 heterocycles. The minimum atomic E-state index is -0.661. The molecule has 0 saturated carbocycles. The molecule has 0 saturated heterocycles. The van der Waals surface area contributed by atoms with Gasteiger partial charge in [-0.1, -0.05) is 0 Å². The lowest BCUT2D eigenvalue weighted by atomic mass is 10.2. The van der Waals surface area contributed by atoms with E-state index in [1.165, 1.54) is 19.2 Å². The number of hydrogen-bond acceptors (Lipinski definition) is 3. The summed E-state index contributed by atoms with van der Waals surface area (Å²) in [7, 11) is 4.85. The van der Waals surface area contributed by atoms with Crippen molar-refractivity contribution in [1.82, 2.24) is 0 Å². The number of methoxy groups -OCH3 is 1. The summed E-state index contributed by atoms with van der Waals surface area (Å²) in [5.41, 5.74) is 0.713. The van der Waals surface area contributed by atoms with Crippen LogP contribution in [0.3, 0.4) is 0 Å². The molecule has 0 radical (unpaired) electrons. The lowest BCUT2D eigenvalue weighted by molar-refractivity contribution is 0.0595. The quantitative estimate of drug-likeness (QED) is 0.675. The second-order valence-corrected chi connectivity index (χ2v) is 3.05. The van der Waals surface area contributed by atoms with E-state index in [1.807, 2.05) is 14.1 Å². The maximum atomic E-state index is 13.2. The fourth-order valence-corrected chi connectivity index (χ4v) is 1.06. The van der Waals surface area contributed by atoms with Crippen molar-refractivity contribution in [2.24, 2.45) is 0 Å². The largest absolute Gasteiger partial charge is 0.465 e. The molecular formula is C10H12FNO2. The third-order valence-electron chi connectivity index (χ3n) is 1.87. The van der Waals surface area contributed by atoms with E-state index in [2.05, 4.69) is 4.74 Å². The molecule has 1 aromatic rings. The highest BCUT2D eigenvalue weighted by molar-refractivity contribution is 5.90. The Morgan fingerprint density at radius 3 is 2.57 bits per heavy atom. The molecule has 0 bridgehead atoms. The van der Waals surface area contributed by atoms with Gasteiger partial charge in [-0.3, -0.25) is 0 Å². The molecule has 4 heteroatoms. The van der Waals surface area contributed by atoms with Crippen LogP contribution in [0.4, 0.5) is 10.1 Å². The van der Waals surface area contributed by atoms with Crippen molar-refractivity contribution in [3.05, 3.63) is 29.6 Å². The molecule has 14 heavy (non-hydrogen) atoms. The van der Waals surface area contributed by atoms with Crippen LogP contribution in [-0.2, 0) is 4.74 Å². The third-order valence-corrected chi connectivity index (χ3v) is 1.87. The van der Waals surface area contributed by atoms with Crippen molar-refractivity contribution in [2.45, 2.75) is 0 Å². The summed E-state index contributed by atoms with van der Waals surface area (Å²) >= 11 is 0. The van der Waals surface area contributed by atoms with E-state index in [1.54, 1.807) is 11.0 Å². The summed E-state index contributed by atoms with van der Waals surface area (Å²) in [5, 5.41) is 0. The average Bonchev–Trinajstić information content (AvgIpc) is 2.17. The molecule has 0 aromatic heterocycles. The van der Waals surface area contributed by atoms with E-state index in [0.717, 1.165) is 5.69 Å². The Morgan fingerprint density at radius 1 is 1.43 bits per heavy atom. The smallest absolute Gasteiger partial charge is 0.340 e. The molecule has 3 nitrogen and oxygen atoms in total. The maximum absolute atomic E-state index is 13.2. The molecule has 0 atom stereocenters. The Morgan fingerprint density at radius 2 is 2.07 bits per heavy atom. The molecule has 0 N–H and O–H groups in total. The Balaban J connectivity index is 3.15. The second kappa shape index (κ2) is 4.09. The predicted molar refractivity (Wildman–Crippen MR) is 52.1 cm³/mol. The highest BCUT2D eigenvalue weighted by Gasteiger charge is 2.12. The van der Waals surface area contributed by atoms with Crippen molar-refractivity contribution < 1.29 is 13.9 Å². The van der Waals surface area contributed by atoms with Gasteiger partial charge in [0.05, 0.1) is 12.7 Å². The van der Waals surface area contributed by atoms with Gasteiger partial charge in [0.25, 0.3) is 0 Å². The summed E-state index contributed by atoms with van der Waals surface area (Å²) in [6.07, 6.45) is 0. The molecule has 0 aliphatic rings. The van der Waals surface area contributed by atoms with Crippen LogP contribution in [0, 0.1) is 5.82 Å². The zero-order chi connectivity index (χ0) is 10.7. The lowest BCUT2D eigenvalue weighted by Crippen LogP contribution is -2.11. The first kappa shape index (κ1) is 10.5. The minimum absolute atomic E-state index is 0.0429. The van der Waals surface area contributed by atoms with Crippen LogP contribution in [0.15, 0.2) is 18.2 Å². The zero-order valence-corrected chi connectivity index (χ0v) is 8.37. The van der Waals surface area contributed by atoms with Gasteiger partial charge in [-0.25, -0.2) is 9.18 Å². The van der Waals surface area contributed by atoms with E-state index in [-0.39, 0.29) is 5.56 Å². The minimum Gasteiger partial charge on any atom is -0.465 e. The van der Waals surface area contributed by atoms with Gasteiger partial charge in [-0.15, -0.1) is 0 Å². The molecule has 1 aromatic carbocycles. The van der Waals surface area contributed by atoms with Crippen LogP contribution >= 0.6 is 0 Å². The molecule has 0 spiro atoms. The van der Waals surface area contributed by atoms with E-state index in [9.17, 15) is 9.18 Å². The molecule has 0 aliphatic heterocycles. The molecular weight excluding hydrogens is 185 g/mol. The summed E-state index contributed by atoms with van der Waals surface area (Å²) in [4.78, 5) is 12.9. The van der Waals surface area contributed by atoms with Gasteiger partial charge in [0, 0.05) is 19.8 Å². The standard InChI is InChI=1S/C10H12FNO2/c1-12(2)7-4-5-9(11)8(6-7)10(13)14-3/h4-6H,1-3H3. The van der Waals surface area contributed by atoms with E-state index >= 15 is 0 Å². The number of hydrogen-bond donors (Lipinski definition) is 0. The number of esters is 1. The highest BCUT2D eigenvalue weighted by Crippen LogP contribution is 2.17. The highest BCUT2D eigenvalue weighted by atomic mass is 19.1. The van der Waals surface area contributed by atoms with Crippen molar-refractivity contribution in [2.75, 3.05) is 26.1 Å². The van der Waals surface area contributed by atoms with Crippen LogP contribution in [0.1, 0.15) is 10.4 Å². The molecule has 76 valence electrons.